The quantitative estimate of drug-likeness (QED) is 0.886. The van der Waals surface area contributed by atoms with E-state index >= 15 is 0 Å². The maximum Gasteiger partial charge on any atom is 0.308 e. The SMILES string of the molecule is CCOc1cccc(-c2nc(CC)c(CC(=O)O)s2)c1. The van der Waals surface area contributed by atoms with Crippen LogP contribution in [0.2, 0.25) is 0 Å². The maximum atomic E-state index is 10.9. The number of aromatic nitrogens is 1. The minimum Gasteiger partial charge on any atom is -0.494 e. The number of rotatable bonds is 6. The lowest BCUT2D eigenvalue weighted by atomic mass is 10.2. The summed E-state index contributed by atoms with van der Waals surface area (Å²) in [5, 5.41) is 9.79. The van der Waals surface area contributed by atoms with E-state index < -0.39 is 5.97 Å². The first-order valence-corrected chi connectivity index (χ1v) is 7.39. The second-order valence-corrected chi connectivity index (χ2v) is 5.36. The molecule has 2 rings (SSSR count). The highest BCUT2D eigenvalue weighted by molar-refractivity contribution is 7.15. The summed E-state index contributed by atoms with van der Waals surface area (Å²) in [6.45, 7) is 4.54. The Bertz CT molecular complexity index is 607. The third-order valence-corrected chi connectivity index (χ3v) is 3.96. The molecule has 0 unspecified atom stereocenters. The molecule has 0 aliphatic carbocycles. The van der Waals surface area contributed by atoms with Crippen molar-refractivity contribution in [3.8, 4) is 16.3 Å². The molecule has 0 bridgehead atoms. The van der Waals surface area contributed by atoms with Crippen LogP contribution in [0.15, 0.2) is 24.3 Å². The van der Waals surface area contributed by atoms with Gasteiger partial charge in [-0.1, -0.05) is 19.1 Å². The maximum absolute atomic E-state index is 10.9. The van der Waals surface area contributed by atoms with Crippen molar-refractivity contribution in [2.45, 2.75) is 26.7 Å². The fourth-order valence-electron chi connectivity index (χ4n) is 1.94. The van der Waals surface area contributed by atoms with Crippen LogP contribution in [0.1, 0.15) is 24.4 Å². The second-order valence-electron chi connectivity index (χ2n) is 4.27. The molecule has 20 heavy (non-hydrogen) atoms. The predicted molar refractivity (Wildman–Crippen MR) is 79.4 cm³/mol. The largest absolute Gasteiger partial charge is 0.494 e. The number of benzene rings is 1. The summed E-state index contributed by atoms with van der Waals surface area (Å²) in [5.41, 5.74) is 1.83. The van der Waals surface area contributed by atoms with E-state index in [1.165, 1.54) is 11.3 Å². The van der Waals surface area contributed by atoms with E-state index in [0.29, 0.717) is 6.61 Å². The van der Waals surface area contributed by atoms with Crippen molar-refractivity contribution >= 4 is 17.3 Å². The number of ether oxygens (including phenoxy) is 1. The Hall–Kier alpha value is -1.88. The summed E-state index contributed by atoms with van der Waals surface area (Å²) in [7, 11) is 0. The monoisotopic (exact) mass is 291 g/mol. The van der Waals surface area contributed by atoms with Crippen molar-refractivity contribution < 1.29 is 14.6 Å². The molecular formula is C15H17NO3S. The Labute approximate surface area is 122 Å². The van der Waals surface area contributed by atoms with Crippen LogP contribution in [-0.4, -0.2) is 22.7 Å². The predicted octanol–water partition coefficient (Wildman–Crippen LogP) is 3.40. The van der Waals surface area contributed by atoms with Crippen LogP contribution in [0.3, 0.4) is 0 Å². The molecule has 106 valence electrons. The third kappa shape index (κ3) is 3.36. The summed E-state index contributed by atoms with van der Waals surface area (Å²) in [4.78, 5) is 16.3. The highest BCUT2D eigenvalue weighted by atomic mass is 32.1. The van der Waals surface area contributed by atoms with E-state index in [0.717, 1.165) is 33.3 Å². The zero-order valence-electron chi connectivity index (χ0n) is 11.5. The molecule has 5 heteroatoms. The lowest BCUT2D eigenvalue weighted by Crippen LogP contribution is -2.00. The Balaban J connectivity index is 2.34. The molecule has 0 atom stereocenters. The molecule has 4 nitrogen and oxygen atoms in total. The molecule has 0 aliphatic rings. The minimum atomic E-state index is -0.821. The van der Waals surface area contributed by atoms with Crippen LogP contribution in [0, 0.1) is 0 Å². The third-order valence-electron chi connectivity index (χ3n) is 2.82. The zero-order valence-corrected chi connectivity index (χ0v) is 12.4. The fraction of sp³-hybridized carbons (Fsp3) is 0.333. The lowest BCUT2D eigenvalue weighted by molar-refractivity contribution is -0.136. The molecule has 1 aromatic heterocycles. The Kier molecular flexibility index (Phi) is 4.74. The molecule has 1 aromatic carbocycles. The van der Waals surface area contributed by atoms with Crippen LogP contribution in [-0.2, 0) is 17.6 Å². The van der Waals surface area contributed by atoms with Gasteiger partial charge in [-0.2, -0.15) is 0 Å². The zero-order chi connectivity index (χ0) is 14.5. The van der Waals surface area contributed by atoms with Crippen molar-refractivity contribution in [2.75, 3.05) is 6.61 Å². The summed E-state index contributed by atoms with van der Waals surface area (Å²) in [6, 6.07) is 7.72. The molecule has 0 fully saturated rings. The van der Waals surface area contributed by atoms with E-state index in [-0.39, 0.29) is 6.42 Å². The smallest absolute Gasteiger partial charge is 0.308 e. The molecule has 2 aromatic rings. The van der Waals surface area contributed by atoms with Crippen LogP contribution in [0.25, 0.3) is 10.6 Å². The van der Waals surface area contributed by atoms with Gasteiger partial charge in [0.15, 0.2) is 0 Å². The van der Waals surface area contributed by atoms with Gasteiger partial charge in [-0.3, -0.25) is 4.79 Å². The molecule has 1 heterocycles. The molecule has 0 saturated heterocycles. The lowest BCUT2D eigenvalue weighted by Gasteiger charge is -2.03. The first-order valence-electron chi connectivity index (χ1n) is 6.57. The Morgan fingerprint density at radius 3 is 2.85 bits per heavy atom. The molecular weight excluding hydrogens is 274 g/mol. The van der Waals surface area contributed by atoms with Crippen LogP contribution in [0.5, 0.6) is 5.75 Å². The van der Waals surface area contributed by atoms with Gasteiger partial charge in [-0.25, -0.2) is 4.98 Å². The topological polar surface area (TPSA) is 59.4 Å². The second kappa shape index (κ2) is 6.52. The first kappa shape index (κ1) is 14.5. The highest BCUT2D eigenvalue weighted by Crippen LogP contribution is 2.30. The van der Waals surface area contributed by atoms with Gasteiger partial charge in [0.2, 0.25) is 0 Å². The number of aliphatic carboxylic acids is 1. The molecule has 0 spiro atoms. The normalized spacial score (nSPS) is 10.5. The number of carbonyl (C=O) groups is 1. The molecule has 0 saturated carbocycles. The van der Waals surface area contributed by atoms with Gasteiger partial charge in [0, 0.05) is 10.4 Å². The number of hydrogen-bond acceptors (Lipinski definition) is 4. The van der Waals surface area contributed by atoms with E-state index in [9.17, 15) is 4.79 Å². The van der Waals surface area contributed by atoms with Crippen molar-refractivity contribution in [1.29, 1.82) is 0 Å². The van der Waals surface area contributed by atoms with Crippen molar-refractivity contribution in [2.24, 2.45) is 0 Å². The molecule has 0 aliphatic heterocycles. The average Bonchev–Trinajstić information content (AvgIpc) is 2.82. The van der Waals surface area contributed by atoms with Crippen molar-refractivity contribution in [3.05, 3.63) is 34.8 Å². The standard InChI is InChI=1S/C15H17NO3S/c1-3-12-13(9-14(17)18)20-15(16-12)10-6-5-7-11(8-10)19-4-2/h5-8H,3-4,9H2,1-2H3,(H,17,18). The van der Waals surface area contributed by atoms with Crippen LogP contribution in [0.4, 0.5) is 0 Å². The first-order chi connectivity index (χ1) is 9.63. The Morgan fingerprint density at radius 2 is 2.20 bits per heavy atom. The number of aryl methyl sites for hydroxylation is 1. The van der Waals surface area contributed by atoms with Crippen molar-refractivity contribution in [1.82, 2.24) is 4.98 Å². The van der Waals surface area contributed by atoms with Gasteiger partial charge in [-0.15, -0.1) is 11.3 Å². The summed E-state index contributed by atoms with van der Waals surface area (Å²) >= 11 is 1.44. The van der Waals surface area contributed by atoms with Gasteiger partial charge in [0.1, 0.15) is 10.8 Å². The van der Waals surface area contributed by atoms with E-state index in [1.807, 2.05) is 38.1 Å². The van der Waals surface area contributed by atoms with Crippen LogP contribution < -0.4 is 4.74 Å². The number of carboxylic acids is 1. The number of thiazole rings is 1. The Morgan fingerprint density at radius 1 is 1.40 bits per heavy atom. The van der Waals surface area contributed by atoms with E-state index in [4.69, 9.17) is 9.84 Å². The van der Waals surface area contributed by atoms with Gasteiger partial charge < -0.3 is 9.84 Å². The van der Waals surface area contributed by atoms with E-state index in [2.05, 4.69) is 4.98 Å². The number of nitrogens with zero attached hydrogens (tertiary/aromatic N) is 1. The van der Waals surface area contributed by atoms with Gasteiger partial charge in [-0.05, 0) is 25.5 Å². The van der Waals surface area contributed by atoms with Crippen LogP contribution >= 0.6 is 11.3 Å². The molecule has 1 N–H and O–H groups in total. The minimum absolute atomic E-state index is 0.0337. The van der Waals surface area contributed by atoms with E-state index in [1.54, 1.807) is 0 Å². The molecule has 0 radical (unpaired) electrons. The summed E-state index contributed by atoms with van der Waals surface area (Å²) in [6.07, 6.45) is 0.774. The number of carboxylic acid groups (broad SMARTS) is 1. The fourth-order valence-corrected chi connectivity index (χ4v) is 3.08. The van der Waals surface area contributed by atoms with Crippen molar-refractivity contribution in [3.63, 3.8) is 0 Å². The average molecular weight is 291 g/mol. The van der Waals surface area contributed by atoms with Gasteiger partial charge >= 0.3 is 5.97 Å². The number of hydrogen-bond donors (Lipinski definition) is 1. The summed E-state index contributed by atoms with van der Waals surface area (Å²) in [5.74, 6) is -0.0176. The van der Waals surface area contributed by atoms with Gasteiger partial charge in [0.05, 0.1) is 18.7 Å². The molecule has 0 amide bonds. The van der Waals surface area contributed by atoms with Gasteiger partial charge in [0.25, 0.3) is 0 Å². The summed E-state index contributed by atoms with van der Waals surface area (Å²) < 4.78 is 5.48. The highest BCUT2D eigenvalue weighted by Gasteiger charge is 2.14.